The van der Waals surface area contributed by atoms with Crippen LogP contribution in [0.1, 0.15) is 17.0 Å². The Balaban J connectivity index is 1.36. The maximum Gasteiger partial charge on any atom is 0.148 e. The van der Waals surface area contributed by atoms with Crippen LogP contribution in [0, 0.1) is 13.8 Å². The second-order valence-corrected chi connectivity index (χ2v) is 11.9. The van der Waals surface area contributed by atoms with E-state index in [9.17, 15) is 8.42 Å². The molecule has 10 heteroatoms. The van der Waals surface area contributed by atoms with E-state index in [1.807, 2.05) is 74.5 Å². The van der Waals surface area contributed by atoms with E-state index in [-0.39, 0.29) is 5.75 Å². The fourth-order valence-corrected chi connectivity index (χ4v) is 5.30. The minimum absolute atomic E-state index is 0.0561. The summed E-state index contributed by atoms with van der Waals surface area (Å²) < 4.78 is 29.1. The summed E-state index contributed by atoms with van der Waals surface area (Å²) in [6.07, 6.45) is 4.88. The number of benzene rings is 2. The number of nitrogens with one attached hydrogen (secondary N) is 2. The number of H-pyrrole nitrogens is 1. The van der Waals surface area contributed by atoms with E-state index < -0.39 is 15.9 Å². The number of hydrogen-bond donors (Lipinski definition) is 3. The SMILES string of the molecule is Cc1ccc(Oc2ccc(Nc3ncnc4ccc(-c5ccc(CC(N)CS(C)(=O)=O)[nH]5)cc34)cc2C)cn1. The average Bonchev–Trinajstić information content (AvgIpc) is 3.34. The molecule has 0 bridgehead atoms. The Morgan fingerprint density at radius 1 is 1.00 bits per heavy atom. The number of sulfone groups is 1. The Bertz CT molecular complexity index is 1730. The van der Waals surface area contributed by atoms with E-state index in [0.717, 1.165) is 50.5 Å². The van der Waals surface area contributed by atoms with Gasteiger partial charge in [-0.25, -0.2) is 18.4 Å². The quantitative estimate of drug-likeness (QED) is 0.234. The van der Waals surface area contributed by atoms with Gasteiger partial charge in [0.15, 0.2) is 0 Å². The standard InChI is InChI=1S/C29H30N6O3S/c1-18-12-22(7-11-28(18)38-24-8-4-19(2)31-15-24)35-29-25-13-20(5-9-27(25)32-17-33-29)26-10-6-23(34-26)14-21(30)16-39(3,36)37/h4-13,15,17,21,34H,14,16,30H2,1-3H3,(H,32,33,35). The van der Waals surface area contributed by atoms with E-state index in [4.69, 9.17) is 10.5 Å². The van der Waals surface area contributed by atoms with Crippen LogP contribution in [0.4, 0.5) is 11.5 Å². The van der Waals surface area contributed by atoms with Gasteiger partial charge in [0.25, 0.3) is 0 Å². The van der Waals surface area contributed by atoms with Gasteiger partial charge in [-0.3, -0.25) is 4.98 Å². The van der Waals surface area contributed by atoms with Gasteiger partial charge in [-0.05, 0) is 79.6 Å². The van der Waals surface area contributed by atoms with Crippen molar-refractivity contribution in [3.8, 4) is 22.8 Å². The van der Waals surface area contributed by atoms with E-state index in [1.54, 1.807) is 6.20 Å². The van der Waals surface area contributed by atoms with Crippen LogP contribution in [-0.4, -0.2) is 46.4 Å². The Labute approximate surface area is 227 Å². The molecular weight excluding hydrogens is 512 g/mol. The molecule has 0 aliphatic rings. The Morgan fingerprint density at radius 3 is 2.59 bits per heavy atom. The van der Waals surface area contributed by atoms with E-state index in [1.165, 1.54) is 12.6 Å². The van der Waals surface area contributed by atoms with Crippen molar-refractivity contribution in [2.45, 2.75) is 26.3 Å². The zero-order valence-electron chi connectivity index (χ0n) is 22.0. The molecule has 9 nitrogen and oxygen atoms in total. The first-order valence-electron chi connectivity index (χ1n) is 12.5. The molecule has 0 aliphatic carbocycles. The van der Waals surface area contributed by atoms with Crippen LogP contribution in [0.5, 0.6) is 11.5 Å². The molecule has 39 heavy (non-hydrogen) atoms. The lowest BCUT2D eigenvalue weighted by Crippen LogP contribution is -2.31. The van der Waals surface area contributed by atoms with Crippen molar-refractivity contribution in [1.29, 1.82) is 0 Å². The molecule has 1 atom stereocenters. The highest BCUT2D eigenvalue weighted by Crippen LogP contribution is 2.31. The maximum absolute atomic E-state index is 11.5. The smallest absolute Gasteiger partial charge is 0.148 e. The highest BCUT2D eigenvalue weighted by Gasteiger charge is 2.14. The lowest BCUT2D eigenvalue weighted by Gasteiger charge is -2.13. The molecule has 1 unspecified atom stereocenters. The fourth-order valence-electron chi connectivity index (χ4n) is 4.40. The van der Waals surface area contributed by atoms with Crippen LogP contribution in [-0.2, 0) is 16.3 Å². The second-order valence-electron chi connectivity index (χ2n) is 9.75. The molecule has 2 aromatic carbocycles. The summed E-state index contributed by atoms with van der Waals surface area (Å²) in [4.78, 5) is 16.6. The normalized spacial score (nSPS) is 12.4. The van der Waals surface area contributed by atoms with Gasteiger partial charge in [0.1, 0.15) is 33.5 Å². The average molecular weight is 543 g/mol. The van der Waals surface area contributed by atoms with Crippen molar-refractivity contribution >= 4 is 32.2 Å². The zero-order valence-corrected chi connectivity index (χ0v) is 22.8. The number of anilines is 2. The number of fused-ring (bicyclic) bond motifs is 1. The summed E-state index contributed by atoms with van der Waals surface area (Å²) >= 11 is 0. The minimum atomic E-state index is -3.13. The maximum atomic E-state index is 11.5. The molecule has 3 heterocycles. The van der Waals surface area contributed by atoms with E-state index in [2.05, 4.69) is 25.3 Å². The van der Waals surface area contributed by atoms with Crippen molar-refractivity contribution < 1.29 is 13.2 Å². The number of aromatic amines is 1. The number of nitrogens with zero attached hydrogens (tertiary/aromatic N) is 3. The lowest BCUT2D eigenvalue weighted by molar-refractivity contribution is 0.476. The summed E-state index contributed by atoms with van der Waals surface area (Å²) in [6, 6.07) is 19.1. The van der Waals surface area contributed by atoms with Gasteiger partial charge in [0, 0.05) is 46.9 Å². The zero-order chi connectivity index (χ0) is 27.6. The van der Waals surface area contributed by atoms with E-state index >= 15 is 0 Å². The Hall–Kier alpha value is -4.28. The van der Waals surface area contributed by atoms with Gasteiger partial charge in [-0.15, -0.1) is 0 Å². The number of aromatic nitrogens is 4. The van der Waals surface area contributed by atoms with Crippen LogP contribution in [0.3, 0.4) is 0 Å². The monoisotopic (exact) mass is 542 g/mol. The molecule has 0 spiro atoms. The van der Waals surface area contributed by atoms with Crippen LogP contribution in [0.25, 0.3) is 22.2 Å². The molecule has 0 amide bonds. The number of aryl methyl sites for hydroxylation is 2. The molecule has 200 valence electrons. The molecule has 5 rings (SSSR count). The van der Waals surface area contributed by atoms with Crippen LogP contribution < -0.4 is 15.8 Å². The second kappa shape index (κ2) is 10.8. The number of nitrogens with two attached hydrogens (primary N) is 1. The molecule has 4 N–H and O–H groups in total. The summed E-state index contributed by atoms with van der Waals surface area (Å²) in [5.74, 6) is 2.06. The highest BCUT2D eigenvalue weighted by molar-refractivity contribution is 7.90. The van der Waals surface area contributed by atoms with Crippen molar-refractivity contribution in [2.75, 3.05) is 17.3 Å². The predicted molar refractivity (Wildman–Crippen MR) is 154 cm³/mol. The summed E-state index contributed by atoms with van der Waals surface area (Å²) in [5, 5.41) is 4.28. The minimum Gasteiger partial charge on any atom is -0.455 e. The molecular formula is C29H30N6O3S. The van der Waals surface area contributed by atoms with Gasteiger partial charge in [0.2, 0.25) is 0 Å². The van der Waals surface area contributed by atoms with Crippen molar-refractivity contribution in [1.82, 2.24) is 19.9 Å². The number of pyridine rings is 1. The van der Waals surface area contributed by atoms with Gasteiger partial charge < -0.3 is 20.8 Å². The topological polar surface area (TPSA) is 136 Å². The molecule has 5 aromatic rings. The third-order valence-electron chi connectivity index (χ3n) is 6.24. The Kier molecular flexibility index (Phi) is 7.32. The molecule has 0 saturated carbocycles. The first-order valence-corrected chi connectivity index (χ1v) is 14.5. The third-order valence-corrected chi connectivity index (χ3v) is 7.28. The summed E-state index contributed by atoms with van der Waals surface area (Å²) in [7, 11) is -3.13. The van der Waals surface area contributed by atoms with Crippen LogP contribution >= 0.6 is 0 Å². The molecule has 0 radical (unpaired) electrons. The number of hydrogen-bond acceptors (Lipinski definition) is 8. The first-order chi connectivity index (χ1) is 18.6. The molecule has 0 aliphatic heterocycles. The van der Waals surface area contributed by atoms with Crippen LogP contribution in [0.2, 0.25) is 0 Å². The summed E-state index contributed by atoms with van der Waals surface area (Å²) in [5.41, 5.74) is 12.3. The van der Waals surface area contributed by atoms with Gasteiger partial charge in [-0.1, -0.05) is 6.07 Å². The molecule has 3 aromatic heterocycles. The molecule has 0 fully saturated rings. The van der Waals surface area contributed by atoms with Crippen molar-refractivity contribution in [3.63, 3.8) is 0 Å². The van der Waals surface area contributed by atoms with Gasteiger partial charge in [-0.2, -0.15) is 0 Å². The van der Waals surface area contributed by atoms with Gasteiger partial charge in [0.05, 0.1) is 17.5 Å². The summed E-state index contributed by atoms with van der Waals surface area (Å²) in [6.45, 7) is 3.92. The van der Waals surface area contributed by atoms with Crippen molar-refractivity contribution in [3.05, 3.63) is 90.1 Å². The van der Waals surface area contributed by atoms with Gasteiger partial charge >= 0.3 is 0 Å². The first kappa shape index (κ1) is 26.3. The third kappa shape index (κ3) is 6.60. The predicted octanol–water partition coefficient (Wildman–Crippen LogP) is 5.09. The molecule has 0 saturated heterocycles. The largest absolute Gasteiger partial charge is 0.455 e. The van der Waals surface area contributed by atoms with E-state index in [0.29, 0.717) is 18.0 Å². The fraction of sp³-hybridized carbons (Fsp3) is 0.207. The number of rotatable bonds is 9. The Morgan fingerprint density at radius 2 is 1.85 bits per heavy atom. The number of ether oxygens (including phenoxy) is 1. The van der Waals surface area contributed by atoms with Crippen molar-refractivity contribution in [2.24, 2.45) is 5.73 Å². The van der Waals surface area contributed by atoms with Crippen LogP contribution in [0.15, 0.2) is 73.2 Å². The highest BCUT2D eigenvalue weighted by atomic mass is 32.2. The lowest BCUT2D eigenvalue weighted by atomic mass is 10.1.